The van der Waals surface area contributed by atoms with E-state index in [-0.39, 0.29) is 33.9 Å². The monoisotopic (exact) mass is 576 g/mol. The fraction of sp³-hybridized carbons (Fsp3) is 0.222. The second kappa shape index (κ2) is 11.4. The van der Waals surface area contributed by atoms with Crippen molar-refractivity contribution in [2.45, 2.75) is 19.1 Å². The average molecular weight is 577 g/mol. The molecule has 202 valence electrons. The number of nitrogens with zero attached hydrogens (tertiary/aromatic N) is 2. The van der Waals surface area contributed by atoms with Gasteiger partial charge in [-0.2, -0.15) is 13.2 Å². The predicted molar refractivity (Wildman–Crippen MR) is 140 cm³/mol. The fourth-order valence-electron chi connectivity index (χ4n) is 4.02. The van der Waals surface area contributed by atoms with Crippen LogP contribution in [-0.4, -0.2) is 37.0 Å². The molecule has 0 bridgehead atoms. The van der Waals surface area contributed by atoms with Gasteiger partial charge in [0, 0.05) is 10.6 Å². The Labute approximate surface area is 229 Å². The Balaban J connectivity index is 2.04. The van der Waals surface area contributed by atoms with E-state index in [1.807, 2.05) is 0 Å². The van der Waals surface area contributed by atoms with Crippen LogP contribution < -0.4 is 24.4 Å². The molecule has 1 atom stereocenters. The molecular formula is C27H20ClF3N2O5S. The van der Waals surface area contributed by atoms with Gasteiger partial charge in [0.05, 0.1) is 29.9 Å². The van der Waals surface area contributed by atoms with Gasteiger partial charge in [0.25, 0.3) is 5.56 Å². The van der Waals surface area contributed by atoms with Crippen LogP contribution in [0.1, 0.15) is 24.1 Å². The minimum atomic E-state index is -5.01. The molecule has 1 aromatic heterocycles. The van der Waals surface area contributed by atoms with Crippen molar-refractivity contribution in [2.75, 3.05) is 20.3 Å². The molecule has 0 N–H and O–H groups in total. The summed E-state index contributed by atoms with van der Waals surface area (Å²) in [6.45, 7) is 1.20. The van der Waals surface area contributed by atoms with E-state index in [2.05, 4.69) is 10.9 Å². The van der Waals surface area contributed by atoms with Crippen LogP contribution in [0.25, 0.3) is 6.08 Å². The van der Waals surface area contributed by atoms with E-state index in [1.165, 1.54) is 44.4 Å². The number of carbonyl (C=O) groups is 1. The number of hydrogen-bond donors (Lipinski definition) is 0. The molecule has 0 saturated heterocycles. The van der Waals surface area contributed by atoms with Crippen LogP contribution in [0.5, 0.6) is 11.5 Å². The number of terminal acetylenes is 1. The van der Waals surface area contributed by atoms with E-state index >= 15 is 0 Å². The van der Waals surface area contributed by atoms with Crippen LogP contribution in [0, 0.1) is 12.3 Å². The molecule has 12 heteroatoms. The summed E-state index contributed by atoms with van der Waals surface area (Å²) in [5.74, 6) is 1.71. The number of ether oxygens (including phenoxy) is 3. The lowest BCUT2D eigenvalue weighted by Crippen LogP contribution is -2.41. The molecule has 39 heavy (non-hydrogen) atoms. The lowest BCUT2D eigenvalue weighted by atomic mass is 9.95. The van der Waals surface area contributed by atoms with Crippen LogP contribution >= 0.6 is 22.9 Å². The highest BCUT2D eigenvalue weighted by Gasteiger charge is 2.45. The summed E-state index contributed by atoms with van der Waals surface area (Å²) in [6, 6.07) is 9.23. The maximum Gasteiger partial charge on any atom is 0.434 e. The van der Waals surface area contributed by atoms with Gasteiger partial charge in [-0.15, -0.1) is 6.42 Å². The Morgan fingerprint density at radius 1 is 1.26 bits per heavy atom. The lowest BCUT2D eigenvalue weighted by Gasteiger charge is -2.26. The van der Waals surface area contributed by atoms with Crippen LogP contribution in [0.4, 0.5) is 13.2 Å². The Hall–Kier alpha value is -4.01. The number of esters is 1. The van der Waals surface area contributed by atoms with E-state index < -0.39 is 35.0 Å². The largest absolute Gasteiger partial charge is 0.493 e. The molecule has 3 aromatic rings. The zero-order chi connectivity index (χ0) is 28.3. The number of halogens is 4. The smallest absolute Gasteiger partial charge is 0.434 e. The maximum absolute atomic E-state index is 14.2. The van der Waals surface area contributed by atoms with Crippen molar-refractivity contribution in [3.05, 3.63) is 89.6 Å². The highest BCUT2D eigenvalue weighted by molar-refractivity contribution is 7.07. The topological polar surface area (TPSA) is 79.1 Å². The number of carbonyl (C=O) groups excluding carboxylic acids is 1. The van der Waals surface area contributed by atoms with Gasteiger partial charge in [0.2, 0.25) is 0 Å². The minimum Gasteiger partial charge on any atom is -0.493 e. The third-order valence-corrected chi connectivity index (χ3v) is 6.83. The van der Waals surface area contributed by atoms with Crippen molar-refractivity contribution >= 4 is 35.0 Å². The number of rotatable bonds is 7. The van der Waals surface area contributed by atoms with E-state index in [1.54, 1.807) is 18.2 Å². The van der Waals surface area contributed by atoms with Crippen LogP contribution in [0.15, 0.2) is 63.5 Å². The molecule has 7 nitrogen and oxygen atoms in total. The first-order chi connectivity index (χ1) is 18.6. The molecule has 4 rings (SSSR count). The van der Waals surface area contributed by atoms with Gasteiger partial charge >= 0.3 is 12.1 Å². The summed E-state index contributed by atoms with van der Waals surface area (Å²) in [5, 5.41) is 0.321. The van der Waals surface area contributed by atoms with Gasteiger partial charge in [-0.3, -0.25) is 9.36 Å². The molecule has 0 spiro atoms. The first kappa shape index (κ1) is 28.0. The third-order valence-electron chi connectivity index (χ3n) is 5.60. The molecule has 0 saturated carbocycles. The van der Waals surface area contributed by atoms with Gasteiger partial charge in [-0.25, -0.2) is 9.79 Å². The molecular weight excluding hydrogens is 557 g/mol. The highest BCUT2D eigenvalue weighted by Crippen LogP contribution is 2.38. The van der Waals surface area contributed by atoms with Crippen LogP contribution in [0.3, 0.4) is 0 Å². The fourth-order valence-corrected chi connectivity index (χ4v) is 5.14. The van der Waals surface area contributed by atoms with Crippen molar-refractivity contribution in [1.29, 1.82) is 0 Å². The second-order valence-electron chi connectivity index (χ2n) is 7.99. The van der Waals surface area contributed by atoms with E-state index in [0.717, 1.165) is 15.9 Å². The Morgan fingerprint density at radius 3 is 2.59 bits per heavy atom. The van der Waals surface area contributed by atoms with E-state index in [0.29, 0.717) is 16.3 Å². The zero-order valence-electron chi connectivity index (χ0n) is 20.5. The van der Waals surface area contributed by atoms with Gasteiger partial charge < -0.3 is 14.2 Å². The van der Waals surface area contributed by atoms with Crippen LogP contribution in [-0.2, 0) is 9.53 Å². The first-order valence-electron chi connectivity index (χ1n) is 11.4. The van der Waals surface area contributed by atoms with Crippen molar-refractivity contribution < 1.29 is 32.2 Å². The van der Waals surface area contributed by atoms with Crippen molar-refractivity contribution in [3.8, 4) is 23.8 Å². The zero-order valence-corrected chi connectivity index (χ0v) is 22.1. The summed E-state index contributed by atoms with van der Waals surface area (Å²) >= 11 is 6.72. The predicted octanol–water partition coefficient (Wildman–Crippen LogP) is 4.01. The van der Waals surface area contributed by atoms with Gasteiger partial charge in [0.15, 0.2) is 22.0 Å². The number of thiazole rings is 1. The van der Waals surface area contributed by atoms with Crippen molar-refractivity contribution in [1.82, 2.24) is 4.57 Å². The Kier molecular flexibility index (Phi) is 8.18. The lowest BCUT2D eigenvalue weighted by molar-refractivity contribution is -0.140. The number of alkyl halides is 3. The summed E-state index contributed by atoms with van der Waals surface area (Å²) in [4.78, 5) is 30.1. The second-order valence-corrected chi connectivity index (χ2v) is 9.43. The summed E-state index contributed by atoms with van der Waals surface area (Å²) in [6.07, 6.45) is 1.75. The average Bonchev–Trinajstić information content (AvgIpc) is 3.21. The number of aromatic nitrogens is 1. The van der Waals surface area contributed by atoms with Gasteiger partial charge in [-0.1, -0.05) is 53.1 Å². The molecule has 2 aromatic carbocycles. The molecule has 0 aliphatic carbocycles. The quantitative estimate of drug-likeness (QED) is 0.314. The number of para-hydroxylation sites is 1. The SMILES string of the molecule is C#CCOc1c(/C=c2\sc3n(c2=O)[C@@H](c2ccc(Cl)cc2)C(C(=O)OCC)=C(C(F)(F)F)N=3)cccc1OC. The summed E-state index contributed by atoms with van der Waals surface area (Å²) < 4.78 is 59.7. The molecule has 0 fully saturated rings. The normalized spacial score (nSPS) is 15.3. The number of allylic oxidation sites excluding steroid dienone is 1. The third kappa shape index (κ3) is 5.57. The van der Waals surface area contributed by atoms with Crippen LogP contribution in [0.2, 0.25) is 5.02 Å². The molecule has 0 radical (unpaired) electrons. The first-order valence-corrected chi connectivity index (χ1v) is 12.6. The summed E-state index contributed by atoms with van der Waals surface area (Å²) in [7, 11) is 1.43. The van der Waals surface area contributed by atoms with Gasteiger partial charge in [-0.05, 0) is 36.8 Å². The van der Waals surface area contributed by atoms with Crippen molar-refractivity contribution in [2.24, 2.45) is 4.99 Å². The number of methoxy groups -OCH3 is 1. The summed E-state index contributed by atoms with van der Waals surface area (Å²) in [5.41, 5.74) is -2.30. The number of fused-ring (bicyclic) bond motifs is 1. The Bertz CT molecular complexity index is 1670. The number of benzene rings is 2. The van der Waals surface area contributed by atoms with E-state index in [4.69, 9.17) is 32.2 Å². The minimum absolute atomic E-state index is 0.0400. The molecule has 0 amide bonds. The maximum atomic E-state index is 14.2. The van der Waals surface area contributed by atoms with Gasteiger partial charge in [0.1, 0.15) is 6.61 Å². The molecule has 1 aliphatic rings. The van der Waals surface area contributed by atoms with Crippen molar-refractivity contribution in [3.63, 3.8) is 0 Å². The molecule has 0 unspecified atom stereocenters. The molecule has 2 heterocycles. The Morgan fingerprint density at radius 2 is 1.97 bits per heavy atom. The highest BCUT2D eigenvalue weighted by atomic mass is 35.5. The molecule has 1 aliphatic heterocycles. The van der Waals surface area contributed by atoms with E-state index in [9.17, 15) is 22.8 Å². The number of hydrogen-bond acceptors (Lipinski definition) is 7. The standard InChI is InChI=1S/C27H20ClF3N2O5S/c1-4-13-38-22-16(7-6-8-18(22)36-3)14-19-24(34)33-21(15-9-11-17(28)12-10-15)20(25(35)37-5-2)23(27(29,30)31)32-26(33)39-19/h1,6-12,14,21H,5,13H2,2-3H3/b19-14-/t21-/m0/s1.